The van der Waals surface area contributed by atoms with E-state index in [1.165, 1.54) is 6.92 Å². The van der Waals surface area contributed by atoms with Gasteiger partial charge in [-0.05, 0) is 57.0 Å². The molecule has 6 nitrogen and oxygen atoms in total. The molecule has 1 aromatic heterocycles. The van der Waals surface area contributed by atoms with E-state index in [0.29, 0.717) is 37.1 Å². The van der Waals surface area contributed by atoms with Gasteiger partial charge in [-0.25, -0.2) is 0 Å². The maximum atomic E-state index is 12.2. The number of hydrogen-bond acceptors (Lipinski definition) is 4. The number of benzene rings is 1. The number of ketones is 1. The lowest BCUT2D eigenvalue weighted by molar-refractivity contribution is -0.116. The van der Waals surface area contributed by atoms with E-state index in [2.05, 4.69) is 16.5 Å². The summed E-state index contributed by atoms with van der Waals surface area (Å²) in [6.07, 6.45) is 1.36. The van der Waals surface area contributed by atoms with Gasteiger partial charge in [0.05, 0.1) is 24.7 Å². The molecule has 1 N–H and O–H groups in total. The van der Waals surface area contributed by atoms with Crippen molar-refractivity contribution in [2.24, 2.45) is 0 Å². The fourth-order valence-electron chi connectivity index (χ4n) is 2.72. The number of aromatic nitrogens is 2. The van der Waals surface area contributed by atoms with E-state index >= 15 is 0 Å². The lowest BCUT2D eigenvalue weighted by Gasteiger charge is -2.07. The van der Waals surface area contributed by atoms with Gasteiger partial charge in [0.15, 0.2) is 5.78 Å². The highest BCUT2D eigenvalue weighted by Gasteiger charge is 2.13. The van der Waals surface area contributed by atoms with Crippen molar-refractivity contribution < 1.29 is 9.59 Å². The zero-order valence-electron chi connectivity index (χ0n) is 14.8. The monoisotopic (exact) mass is 338 g/mol. The molecule has 0 radical (unpaired) electrons. The van der Waals surface area contributed by atoms with Gasteiger partial charge in [0.1, 0.15) is 0 Å². The highest BCUT2D eigenvalue weighted by atomic mass is 16.1. The Hall–Kier alpha value is -2.94. The summed E-state index contributed by atoms with van der Waals surface area (Å²) < 4.78 is 1.83. The molecular formula is C19H22N4O2. The number of anilines is 1. The predicted molar refractivity (Wildman–Crippen MR) is 95.3 cm³/mol. The Morgan fingerprint density at radius 3 is 2.52 bits per heavy atom. The van der Waals surface area contributed by atoms with Crippen LogP contribution in [0.3, 0.4) is 0 Å². The molecule has 1 heterocycles. The molecule has 0 aliphatic heterocycles. The van der Waals surface area contributed by atoms with Crippen LogP contribution < -0.4 is 5.32 Å². The van der Waals surface area contributed by atoms with Crippen LogP contribution >= 0.6 is 0 Å². The normalized spacial score (nSPS) is 10.3. The SMILES string of the molecule is CC(=O)c1ccc(NC(=O)CCc2c(C)nn(CCC#N)c2C)cc1. The summed E-state index contributed by atoms with van der Waals surface area (Å²) in [4.78, 5) is 23.4. The molecule has 0 unspecified atom stereocenters. The van der Waals surface area contributed by atoms with Crippen molar-refractivity contribution in [3.63, 3.8) is 0 Å². The summed E-state index contributed by atoms with van der Waals surface area (Å²) in [5.74, 6) is -0.0867. The predicted octanol–water partition coefficient (Wildman–Crippen LogP) is 3.19. The summed E-state index contributed by atoms with van der Waals surface area (Å²) in [6.45, 7) is 5.96. The molecule has 0 spiro atoms. The fourth-order valence-corrected chi connectivity index (χ4v) is 2.72. The van der Waals surface area contributed by atoms with Gasteiger partial charge in [-0.15, -0.1) is 0 Å². The van der Waals surface area contributed by atoms with Crippen LogP contribution in [0.1, 0.15) is 47.1 Å². The second kappa shape index (κ2) is 8.25. The third-order valence-electron chi connectivity index (χ3n) is 4.14. The third kappa shape index (κ3) is 4.77. The van der Waals surface area contributed by atoms with Crippen molar-refractivity contribution in [2.75, 3.05) is 5.32 Å². The van der Waals surface area contributed by atoms with Crippen LogP contribution in [0.5, 0.6) is 0 Å². The Labute approximate surface area is 147 Å². The minimum absolute atomic E-state index is 0.00256. The number of carbonyl (C=O) groups is 2. The van der Waals surface area contributed by atoms with Crippen molar-refractivity contribution in [2.45, 2.75) is 46.6 Å². The van der Waals surface area contributed by atoms with Crippen LogP contribution in [-0.4, -0.2) is 21.5 Å². The van der Waals surface area contributed by atoms with Crippen LogP contribution in [-0.2, 0) is 17.8 Å². The average Bonchev–Trinajstić information content (AvgIpc) is 2.85. The molecule has 0 atom stereocenters. The number of hydrogen-bond donors (Lipinski definition) is 1. The van der Waals surface area contributed by atoms with Crippen molar-refractivity contribution in [1.82, 2.24) is 9.78 Å². The second-order valence-electron chi connectivity index (χ2n) is 5.96. The molecule has 0 saturated carbocycles. The molecular weight excluding hydrogens is 316 g/mol. The smallest absolute Gasteiger partial charge is 0.224 e. The first kappa shape index (κ1) is 18.4. The summed E-state index contributed by atoms with van der Waals surface area (Å²) in [5, 5.41) is 16.0. The molecule has 0 aliphatic rings. The van der Waals surface area contributed by atoms with Gasteiger partial charge in [-0.2, -0.15) is 10.4 Å². The third-order valence-corrected chi connectivity index (χ3v) is 4.14. The fraction of sp³-hybridized carbons (Fsp3) is 0.368. The van der Waals surface area contributed by atoms with Gasteiger partial charge in [0.25, 0.3) is 0 Å². The highest BCUT2D eigenvalue weighted by molar-refractivity contribution is 5.95. The number of Topliss-reactive ketones (excluding diaryl/α,β-unsaturated/α-hetero) is 1. The van der Waals surface area contributed by atoms with Crippen molar-refractivity contribution >= 4 is 17.4 Å². The Bertz CT molecular complexity index is 813. The highest BCUT2D eigenvalue weighted by Crippen LogP contribution is 2.16. The molecule has 25 heavy (non-hydrogen) atoms. The number of rotatable bonds is 7. The molecule has 1 amide bonds. The van der Waals surface area contributed by atoms with Crippen LogP contribution in [0.25, 0.3) is 0 Å². The van der Waals surface area contributed by atoms with Gasteiger partial charge in [-0.1, -0.05) is 0 Å². The van der Waals surface area contributed by atoms with Crippen molar-refractivity contribution in [1.29, 1.82) is 5.26 Å². The summed E-state index contributed by atoms with van der Waals surface area (Å²) >= 11 is 0. The molecule has 2 aromatic rings. The van der Waals surface area contributed by atoms with E-state index in [1.54, 1.807) is 24.3 Å². The molecule has 0 aliphatic carbocycles. The standard InChI is InChI=1S/C19H22N4O2/c1-13-18(14(2)23(22-13)12-4-11-20)9-10-19(25)21-17-7-5-16(6-8-17)15(3)24/h5-8H,4,9-10,12H2,1-3H3,(H,21,25). The molecule has 1 aromatic carbocycles. The van der Waals surface area contributed by atoms with Crippen LogP contribution in [0, 0.1) is 25.2 Å². The van der Waals surface area contributed by atoms with E-state index in [4.69, 9.17) is 5.26 Å². The zero-order valence-corrected chi connectivity index (χ0v) is 14.8. The number of amides is 1. The van der Waals surface area contributed by atoms with Gasteiger partial charge in [0.2, 0.25) is 5.91 Å². The number of nitriles is 1. The summed E-state index contributed by atoms with van der Waals surface area (Å²) in [5.41, 5.74) is 4.25. The first-order valence-electron chi connectivity index (χ1n) is 8.23. The Morgan fingerprint density at radius 2 is 1.92 bits per heavy atom. The summed E-state index contributed by atoms with van der Waals surface area (Å²) in [7, 11) is 0. The molecule has 0 fully saturated rings. The van der Waals surface area contributed by atoms with E-state index in [9.17, 15) is 9.59 Å². The minimum atomic E-state index is -0.0841. The second-order valence-corrected chi connectivity index (χ2v) is 5.96. The first-order valence-corrected chi connectivity index (χ1v) is 8.23. The number of carbonyl (C=O) groups excluding carboxylic acids is 2. The van der Waals surface area contributed by atoms with E-state index in [1.807, 2.05) is 18.5 Å². The molecule has 2 rings (SSSR count). The number of nitrogens with zero attached hydrogens (tertiary/aromatic N) is 3. The zero-order chi connectivity index (χ0) is 18.4. The van der Waals surface area contributed by atoms with E-state index in [0.717, 1.165) is 17.0 Å². The largest absolute Gasteiger partial charge is 0.326 e. The van der Waals surface area contributed by atoms with Gasteiger partial charge in [0, 0.05) is 23.4 Å². The number of nitrogens with one attached hydrogen (secondary N) is 1. The average molecular weight is 338 g/mol. The lowest BCUT2D eigenvalue weighted by Crippen LogP contribution is -2.13. The molecule has 0 saturated heterocycles. The van der Waals surface area contributed by atoms with Crippen molar-refractivity contribution in [3.05, 3.63) is 46.8 Å². The summed E-state index contributed by atoms with van der Waals surface area (Å²) in [6, 6.07) is 8.97. The van der Waals surface area contributed by atoms with Crippen molar-refractivity contribution in [3.8, 4) is 6.07 Å². The minimum Gasteiger partial charge on any atom is -0.326 e. The topological polar surface area (TPSA) is 87.8 Å². The van der Waals surface area contributed by atoms with Crippen LogP contribution in [0.2, 0.25) is 0 Å². The van der Waals surface area contributed by atoms with Gasteiger partial charge in [-0.3, -0.25) is 14.3 Å². The van der Waals surface area contributed by atoms with Crippen LogP contribution in [0.4, 0.5) is 5.69 Å². The quantitative estimate of drug-likeness (QED) is 0.785. The molecule has 6 heteroatoms. The van der Waals surface area contributed by atoms with Gasteiger partial charge < -0.3 is 5.32 Å². The first-order chi connectivity index (χ1) is 11.9. The number of aryl methyl sites for hydroxylation is 2. The molecule has 0 bridgehead atoms. The van der Waals surface area contributed by atoms with E-state index in [-0.39, 0.29) is 11.7 Å². The Morgan fingerprint density at radius 1 is 1.24 bits per heavy atom. The maximum Gasteiger partial charge on any atom is 0.224 e. The Balaban J connectivity index is 1.95. The maximum absolute atomic E-state index is 12.2. The molecule has 130 valence electrons. The van der Waals surface area contributed by atoms with Gasteiger partial charge >= 0.3 is 0 Å². The lowest BCUT2D eigenvalue weighted by atomic mass is 10.1. The Kier molecular flexibility index (Phi) is 6.07. The van der Waals surface area contributed by atoms with Crippen LogP contribution in [0.15, 0.2) is 24.3 Å². The van der Waals surface area contributed by atoms with E-state index < -0.39 is 0 Å².